The maximum Gasteiger partial charge on any atom is 0.268 e. The molecule has 1 amide bonds. The number of hydrogen-bond acceptors (Lipinski definition) is 1. The van der Waals surface area contributed by atoms with Crippen LogP contribution in [0.1, 0.15) is 35.4 Å². The van der Waals surface area contributed by atoms with E-state index in [0.29, 0.717) is 17.5 Å². The Kier molecular flexibility index (Phi) is 3.66. The summed E-state index contributed by atoms with van der Waals surface area (Å²) in [6, 6.07) is 12.1. The number of carbonyl (C=O) groups excluding carboxylic acids is 1. The summed E-state index contributed by atoms with van der Waals surface area (Å²) in [6.07, 6.45) is 2.94. The molecule has 0 radical (unpaired) electrons. The highest BCUT2D eigenvalue weighted by atomic mass is 79.9. The van der Waals surface area contributed by atoms with Crippen LogP contribution in [0.15, 0.2) is 47.1 Å². The van der Waals surface area contributed by atoms with Crippen LogP contribution in [0.5, 0.6) is 0 Å². The van der Waals surface area contributed by atoms with Crippen LogP contribution in [0.2, 0.25) is 0 Å². The number of benzene rings is 1. The van der Waals surface area contributed by atoms with Crippen LogP contribution in [-0.2, 0) is 0 Å². The zero-order chi connectivity index (χ0) is 14.1. The lowest BCUT2D eigenvalue weighted by Gasteiger charge is -2.19. The lowest BCUT2D eigenvalue weighted by atomic mass is 10.0. The number of amides is 1. The van der Waals surface area contributed by atoms with Gasteiger partial charge in [0.05, 0.1) is 6.04 Å². The van der Waals surface area contributed by atoms with Crippen molar-refractivity contribution in [3.8, 4) is 0 Å². The van der Waals surface area contributed by atoms with Gasteiger partial charge in [0.2, 0.25) is 0 Å². The van der Waals surface area contributed by atoms with E-state index in [1.165, 1.54) is 12.0 Å². The maximum absolute atomic E-state index is 12.3. The summed E-state index contributed by atoms with van der Waals surface area (Å²) in [5, 5.41) is 3.16. The van der Waals surface area contributed by atoms with Crippen molar-refractivity contribution in [1.29, 1.82) is 0 Å². The van der Waals surface area contributed by atoms with Gasteiger partial charge in [-0.15, -0.1) is 0 Å². The molecular weight excluding hydrogens is 316 g/mol. The average Bonchev–Trinajstić information content (AvgIpc) is 3.00. The van der Waals surface area contributed by atoms with E-state index in [-0.39, 0.29) is 11.9 Å². The molecule has 1 fully saturated rings. The standard InChI is InChI=1S/C16H17BrN2O/c1-10-7-13(10)15(11-5-3-2-4-6-11)19-16(20)14-8-12(17)9-18-14/h2-6,8-10,13,15,18H,7H2,1H3,(H,19,20). The van der Waals surface area contributed by atoms with Gasteiger partial charge in [-0.25, -0.2) is 0 Å². The molecule has 4 heteroatoms. The lowest BCUT2D eigenvalue weighted by molar-refractivity contribution is 0.0926. The predicted octanol–water partition coefficient (Wildman–Crippen LogP) is 3.90. The molecule has 0 bridgehead atoms. The molecule has 1 heterocycles. The Morgan fingerprint density at radius 2 is 2.10 bits per heavy atom. The third kappa shape index (κ3) is 2.80. The van der Waals surface area contributed by atoms with Crippen LogP contribution in [-0.4, -0.2) is 10.9 Å². The molecule has 2 aromatic rings. The zero-order valence-electron chi connectivity index (χ0n) is 11.3. The molecule has 20 heavy (non-hydrogen) atoms. The number of carbonyl (C=O) groups is 1. The summed E-state index contributed by atoms with van der Waals surface area (Å²) in [6.45, 7) is 2.23. The molecule has 3 nitrogen and oxygen atoms in total. The third-order valence-corrected chi connectivity index (χ3v) is 4.40. The van der Waals surface area contributed by atoms with Gasteiger partial charge in [0, 0.05) is 10.7 Å². The second-order valence-corrected chi connectivity index (χ2v) is 6.39. The quantitative estimate of drug-likeness (QED) is 0.876. The van der Waals surface area contributed by atoms with Gasteiger partial charge in [0.25, 0.3) is 5.91 Å². The molecule has 1 saturated carbocycles. The van der Waals surface area contributed by atoms with Crippen LogP contribution < -0.4 is 5.32 Å². The maximum atomic E-state index is 12.3. The van der Waals surface area contributed by atoms with Gasteiger partial charge in [0.1, 0.15) is 5.69 Å². The predicted molar refractivity (Wildman–Crippen MR) is 82.4 cm³/mol. The molecule has 1 aromatic carbocycles. The number of aromatic nitrogens is 1. The molecule has 3 rings (SSSR count). The van der Waals surface area contributed by atoms with Crippen molar-refractivity contribution in [2.24, 2.45) is 11.8 Å². The highest BCUT2D eigenvalue weighted by molar-refractivity contribution is 9.10. The lowest BCUT2D eigenvalue weighted by Crippen LogP contribution is -2.30. The van der Waals surface area contributed by atoms with Crippen molar-refractivity contribution in [3.05, 3.63) is 58.3 Å². The molecule has 3 unspecified atom stereocenters. The summed E-state index contributed by atoms with van der Waals surface area (Å²) in [5.41, 5.74) is 1.77. The second-order valence-electron chi connectivity index (χ2n) is 5.47. The van der Waals surface area contributed by atoms with E-state index in [0.717, 1.165) is 4.47 Å². The van der Waals surface area contributed by atoms with E-state index in [9.17, 15) is 4.79 Å². The summed E-state index contributed by atoms with van der Waals surface area (Å²) >= 11 is 3.35. The number of H-pyrrole nitrogens is 1. The van der Waals surface area contributed by atoms with E-state index in [4.69, 9.17) is 0 Å². The topological polar surface area (TPSA) is 44.9 Å². The van der Waals surface area contributed by atoms with Crippen molar-refractivity contribution in [3.63, 3.8) is 0 Å². The van der Waals surface area contributed by atoms with Crippen LogP contribution in [0, 0.1) is 11.8 Å². The monoisotopic (exact) mass is 332 g/mol. The van der Waals surface area contributed by atoms with Crippen molar-refractivity contribution in [1.82, 2.24) is 10.3 Å². The third-order valence-electron chi connectivity index (χ3n) is 3.94. The normalized spacial score (nSPS) is 22.3. The molecule has 0 aliphatic heterocycles. The minimum Gasteiger partial charge on any atom is -0.356 e. The fourth-order valence-electron chi connectivity index (χ4n) is 2.63. The Labute approximate surface area is 126 Å². The fourth-order valence-corrected chi connectivity index (χ4v) is 2.97. The number of aromatic amines is 1. The van der Waals surface area contributed by atoms with Gasteiger partial charge in [-0.1, -0.05) is 37.3 Å². The molecule has 1 aliphatic carbocycles. The molecule has 104 valence electrons. The average molecular weight is 333 g/mol. The summed E-state index contributed by atoms with van der Waals surface area (Å²) in [4.78, 5) is 15.3. The smallest absolute Gasteiger partial charge is 0.268 e. The summed E-state index contributed by atoms with van der Waals surface area (Å²) < 4.78 is 0.888. The molecule has 0 spiro atoms. The number of halogens is 1. The van der Waals surface area contributed by atoms with Gasteiger partial charge < -0.3 is 10.3 Å². The fraction of sp³-hybridized carbons (Fsp3) is 0.312. The first-order valence-electron chi connectivity index (χ1n) is 6.85. The zero-order valence-corrected chi connectivity index (χ0v) is 12.9. The van der Waals surface area contributed by atoms with Gasteiger partial charge in [-0.2, -0.15) is 0 Å². The van der Waals surface area contributed by atoms with Crippen LogP contribution >= 0.6 is 15.9 Å². The van der Waals surface area contributed by atoms with Gasteiger partial charge in [0.15, 0.2) is 0 Å². The van der Waals surface area contributed by atoms with E-state index < -0.39 is 0 Å². The number of rotatable bonds is 4. The van der Waals surface area contributed by atoms with Crippen molar-refractivity contribution in [2.75, 3.05) is 0 Å². The van der Waals surface area contributed by atoms with E-state index >= 15 is 0 Å². The van der Waals surface area contributed by atoms with Crippen molar-refractivity contribution < 1.29 is 4.79 Å². The second kappa shape index (κ2) is 5.44. The Balaban J connectivity index is 1.79. The minimum absolute atomic E-state index is 0.0522. The summed E-state index contributed by atoms with van der Waals surface area (Å²) in [5.74, 6) is 1.17. The number of hydrogen-bond donors (Lipinski definition) is 2. The largest absolute Gasteiger partial charge is 0.356 e. The highest BCUT2D eigenvalue weighted by Gasteiger charge is 2.41. The first-order valence-corrected chi connectivity index (χ1v) is 7.64. The van der Waals surface area contributed by atoms with E-state index in [2.05, 4.69) is 45.3 Å². The molecule has 0 saturated heterocycles. The van der Waals surface area contributed by atoms with Gasteiger partial charge >= 0.3 is 0 Å². The molecular formula is C16H17BrN2O. The first kappa shape index (κ1) is 13.4. The first-order chi connectivity index (χ1) is 9.65. The van der Waals surface area contributed by atoms with Gasteiger partial charge in [-0.3, -0.25) is 4.79 Å². The molecule has 1 aliphatic rings. The Bertz CT molecular complexity index is 608. The molecule has 3 atom stereocenters. The van der Waals surface area contributed by atoms with Gasteiger partial charge in [-0.05, 0) is 45.8 Å². The number of nitrogens with one attached hydrogen (secondary N) is 2. The minimum atomic E-state index is -0.0522. The Morgan fingerprint density at radius 3 is 2.65 bits per heavy atom. The Hall–Kier alpha value is -1.55. The highest BCUT2D eigenvalue weighted by Crippen LogP contribution is 2.46. The molecule has 2 N–H and O–H groups in total. The van der Waals surface area contributed by atoms with Crippen LogP contribution in [0.3, 0.4) is 0 Å². The summed E-state index contributed by atoms with van der Waals surface area (Å²) in [7, 11) is 0. The van der Waals surface area contributed by atoms with E-state index in [1.807, 2.05) is 18.2 Å². The van der Waals surface area contributed by atoms with Crippen LogP contribution in [0.4, 0.5) is 0 Å². The van der Waals surface area contributed by atoms with Crippen LogP contribution in [0.25, 0.3) is 0 Å². The SMILES string of the molecule is CC1CC1C(NC(=O)c1cc(Br)c[nH]1)c1ccccc1. The van der Waals surface area contributed by atoms with Crippen molar-refractivity contribution >= 4 is 21.8 Å². The van der Waals surface area contributed by atoms with E-state index in [1.54, 1.807) is 12.3 Å². The molecule has 1 aromatic heterocycles. The van der Waals surface area contributed by atoms with Crippen molar-refractivity contribution in [2.45, 2.75) is 19.4 Å². The Morgan fingerprint density at radius 1 is 1.40 bits per heavy atom.